The summed E-state index contributed by atoms with van der Waals surface area (Å²) in [5.41, 5.74) is 5.41. The van der Waals surface area contributed by atoms with Gasteiger partial charge in [0.15, 0.2) is 0 Å². The Morgan fingerprint density at radius 3 is 2.70 bits per heavy atom. The summed E-state index contributed by atoms with van der Waals surface area (Å²) in [5.74, 6) is 0.311. The molecule has 7 heteroatoms. The zero-order chi connectivity index (χ0) is 17.0. The Kier molecular flexibility index (Phi) is 5.41. The second-order valence-corrected chi connectivity index (χ2v) is 7.21. The van der Waals surface area contributed by atoms with Gasteiger partial charge in [-0.3, -0.25) is 4.79 Å². The first-order chi connectivity index (χ1) is 10.7. The van der Waals surface area contributed by atoms with E-state index in [2.05, 4.69) is 20.6 Å². The number of hydrogen-bond acceptors (Lipinski definition) is 6. The molecule has 0 bridgehead atoms. The third-order valence-electron chi connectivity index (χ3n) is 3.78. The highest BCUT2D eigenvalue weighted by atomic mass is 16.3. The highest BCUT2D eigenvalue weighted by Gasteiger charge is 2.21. The minimum absolute atomic E-state index is 0.134. The van der Waals surface area contributed by atoms with Crippen LogP contribution in [-0.4, -0.2) is 38.7 Å². The normalized spacial score (nSPS) is 22.3. The number of nitrogens with one attached hydrogen (secondary N) is 2. The lowest BCUT2D eigenvalue weighted by molar-refractivity contribution is 0.100. The lowest BCUT2D eigenvalue weighted by atomic mass is 10.1. The van der Waals surface area contributed by atoms with Crippen molar-refractivity contribution in [3.8, 4) is 0 Å². The highest BCUT2D eigenvalue weighted by molar-refractivity contribution is 5.97. The molecule has 0 unspecified atom stereocenters. The molecule has 0 radical (unpaired) electrons. The van der Waals surface area contributed by atoms with E-state index < -0.39 is 5.91 Å². The van der Waals surface area contributed by atoms with Crippen LogP contribution in [0, 0.1) is 0 Å². The van der Waals surface area contributed by atoms with Gasteiger partial charge >= 0.3 is 0 Å². The van der Waals surface area contributed by atoms with Crippen molar-refractivity contribution in [2.45, 2.75) is 70.6 Å². The third kappa shape index (κ3) is 5.35. The Balaban J connectivity index is 2.19. The number of hydrogen-bond donors (Lipinski definition) is 4. The van der Waals surface area contributed by atoms with Crippen LogP contribution in [0.2, 0.25) is 0 Å². The van der Waals surface area contributed by atoms with Gasteiger partial charge in [-0.05, 0) is 40.0 Å². The molecule has 2 rings (SSSR count). The number of amides is 1. The maximum atomic E-state index is 11.5. The Hall–Kier alpha value is -1.89. The van der Waals surface area contributed by atoms with Crippen LogP contribution in [-0.2, 0) is 0 Å². The fourth-order valence-electron chi connectivity index (χ4n) is 2.73. The topological polar surface area (TPSA) is 113 Å². The Morgan fingerprint density at radius 1 is 1.35 bits per heavy atom. The number of nitrogens with two attached hydrogens (primary N) is 1. The molecule has 128 valence electrons. The van der Waals surface area contributed by atoms with Crippen molar-refractivity contribution in [3.05, 3.63) is 11.8 Å². The number of anilines is 2. The number of primary amides is 1. The molecule has 1 aliphatic carbocycles. The quantitative estimate of drug-likeness (QED) is 0.630. The summed E-state index contributed by atoms with van der Waals surface area (Å²) < 4.78 is 0. The fourth-order valence-corrected chi connectivity index (χ4v) is 2.73. The lowest BCUT2D eigenvalue weighted by Crippen LogP contribution is -2.30. The van der Waals surface area contributed by atoms with E-state index in [0.717, 1.165) is 25.7 Å². The number of carbonyl (C=O) groups excluding carboxylic acids is 1. The summed E-state index contributed by atoms with van der Waals surface area (Å²) in [6.07, 6.45) is 5.77. The second-order valence-electron chi connectivity index (χ2n) is 7.21. The van der Waals surface area contributed by atoms with E-state index in [0.29, 0.717) is 18.2 Å². The molecule has 5 N–H and O–H groups in total. The van der Waals surface area contributed by atoms with Crippen LogP contribution in [0.25, 0.3) is 0 Å². The van der Waals surface area contributed by atoms with Gasteiger partial charge in [0.05, 0.1) is 11.7 Å². The first kappa shape index (κ1) is 17.5. The van der Waals surface area contributed by atoms with Gasteiger partial charge in [0, 0.05) is 17.8 Å². The maximum absolute atomic E-state index is 11.5. The van der Waals surface area contributed by atoms with E-state index in [1.165, 1.54) is 6.20 Å². The number of carbonyl (C=O) groups is 1. The van der Waals surface area contributed by atoms with Gasteiger partial charge in [0.1, 0.15) is 5.82 Å². The molecule has 23 heavy (non-hydrogen) atoms. The van der Waals surface area contributed by atoms with E-state index in [-0.39, 0.29) is 23.2 Å². The number of nitrogens with zero attached hydrogens (tertiary/aromatic N) is 2. The van der Waals surface area contributed by atoms with Crippen LogP contribution in [0.1, 0.15) is 63.2 Å². The minimum Gasteiger partial charge on any atom is -0.393 e. The van der Waals surface area contributed by atoms with Gasteiger partial charge in [-0.2, -0.15) is 4.98 Å². The van der Waals surface area contributed by atoms with Crippen LogP contribution in [0.3, 0.4) is 0 Å². The SMILES string of the molecule is CC(C)(C)Nc1nc(N[C@H]2CCCC[C@H](O)C2)ncc1C(N)=O. The molecule has 1 saturated carbocycles. The first-order valence-electron chi connectivity index (χ1n) is 8.14. The second kappa shape index (κ2) is 7.12. The molecule has 1 aromatic heterocycles. The van der Waals surface area contributed by atoms with Crippen molar-refractivity contribution in [1.29, 1.82) is 0 Å². The van der Waals surface area contributed by atoms with E-state index in [1.807, 2.05) is 20.8 Å². The minimum atomic E-state index is -0.562. The molecular formula is C16H27N5O2. The molecule has 0 aliphatic heterocycles. The monoisotopic (exact) mass is 321 g/mol. The molecule has 1 heterocycles. The molecule has 0 aromatic carbocycles. The van der Waals surface area contributed by atoms with Crippen LogP contribution >= 0.6 is 0 Å². The summed E-state index contributed by atoms with van der Waals surface area (Å²) in [6, 6.07) is 0.134. The van der Waals surface area contributed by atoms with Crippen molar-refractivity contribution in [3.63, 3.8) is 0 Å². The van der Waals surface area contributed by atoms with E-state index >= 15 is 0 Å². The first-order valence-corrected chi connectivity index (χ1v) is 8.14. The fraction of sp³-hybridized carbons (Fsp3) is 0.688. The summed E-state index contributed by atoms with van der Waals surface area (Å²) >= 11 is 0. The molecule has 1 amide bonds. The van der Waals surface area contributed by atoms with Crippen LogP contribution in [0.4, 0.5) is 11.8 Å². The molecule has 7 nitrogen and oxygen atoms in total. The van der Waals surface area contributed by atoms with Crippen molar-refractivity contribution in [1.82, 2.24) is 9.97 Å². The van der Waals surface area contributed by atoms with Crippen molar-refractivity contribution in [2.24, 2.45) is 5.73 Å². The van der Waals surface area contributed by atoms with Crippen LogP contribution in [0.5, 0.6) is 0 Å². The molecular weight excluding hydrogens is 294 g/mol. The molecule has 2 atom stereocenters. The summed E-state index contributed by atoms with van der Waals surface area (Å²) in [6.45, 7) is 5.94. The van der Waals surface area contributed by atoms with Gasteiger partial charge in [-0.15, -0.1) is 0 Å². The number of aromatic nitrogens is 2. The van der Waals surface area contributed by atoms with Gasteiger partial charge in [0.2, 0.25) is 5.95 Å². The van der Waals surface area contributed by atoms with E-state index in [1.54, 1.807) is 0 Å². The number of aliphatic hydroxyl groups excluding tert-OH is 1. The zero-order valence-corrected chi connectivity index (χ0v) is 14.1. The largest absolute Gasteiger partial charge is 0.393 e. The van der Waals surface area contributed by atoms with Gasteiger partial charge in [-0.25, -0.2) is 4.98 Å². The van der Waals surface area contributed by atoms with Gasteiger partial charge in [0.25, 0.3) is 5.91 Å². The maximum Gasteiger partial charge on any atom is 0.254 e. The van der Waals surface area contributed by atoms with Crippen molar-refractivity contribution in [2.75, 3.05) is 10.6 Å². The van der Waals surface area contributed by atoms with E-state index in [9.17, 15) is 9.90 Å². The molecule has 1 fully saturated rings. The number of rotatable bonds is 4. The summed E-state index contributed by atoms with van der Waals surface area (Å²) in [7, 11) is 0. The van der Waals surface area contributed by atoms with Crippen LogP contribution < -0.4 is 16.4 Å². The average Bonchev–Trinajstić information content (AvgIpc) is 2.61. The summed E-state index contributed by atoms with van der Waals surface area (Å²) in [5, 5.41) is 16.4. The Morgan fingerprint density at radius 2 is 2.04 bits per heavy atom. The predicted octanol–water partition coefficient (Wildman–Crippen LogP) is 1.89. The highest BCUT2D eigenvalue weighted by Crippen LogP contribution is 2.22. The molecule has 0 spiro atoms. The van der Waals surface area contributed by atoms with Gasteiger partial charge < -0.3 is 21.5 Å². The summed E-state index contributed by atoms with van der Waals surface area (Å²) in [4.78, 5) is 20.2. The standard InChI is InChI=1S/C16H27N5O2/c1-16(2,3)21-14-12(13(17)23)9-18-15(20-14)19-10-6-4-5-7-11(22)8-10/h9-11,22H,4-8H2,1-3H3,(H2,17,23)(H2,18,19,20,21)/t10-,11-/m0/s1. The third-order valence-corrected chi connectivity index (χ3v) is 3.78. The van der Waals surface area contributed by atoms with Gasteiger partial charge in [-0.1, -0.05) is 12.8 Å². The predicted molar refractivity (Wildman–Crippen MR) is 90.4 cm³/mol. The smallest absolute Gasteiger partial charge is 0.254 e. The number of aliphatic hydroxyl groups is 1. The van der Waals surface area contributed by atoms with Crippen LogP contribution in [0.15, 0.2) is 6.20 Å². The molecule has 0 saturated heterocycles. The zero-order valence-electron chi connectivity index (χ0n) is 14.1. The van der Waals surface area contributed by atoms with Crippen molar-refractivity contribution < 1.29 is 9.90 Å². The van der Waals surface area contributed by atoms with Crippen molar-refractivity contribution >= 4 is 17.7 Å². The molecule has 1 aromatic rings. The lowest BCUT2D eigenvalue weighted by Gasteiger charge is -2.24. The van der Waals surface area contributed by atoms with E-state index in [4.69, 9.17) is 5.73 Å². The average molecular weight is 321 g/mol. The molecule has 1 aliphatic rings. The Bertz CT molecular complexity index is 556. The Labute approximate surface area is 137 Å².